The summed E-state index contributed by atoms with van der Waals surface area (Å²) in [6.07, 6.45) is 1.50. The van der Waals surface area contributed by atoms with Crippen molar-refractivity contribution in [1.29, 1.82) is 0 Å². The van der Waals surface area contributed by atoms with E-state index in [0.29, 0.717) is 22.6 Å². The maximum absolute atomic E-state index is 12.7. The van der Waals surface area contributed by atoms with Crippen LogP contribution in [0.25, 0.3) is 11.1 Å². The van der Waals surface area contributed by atoms with Crippen LogP contribution >= 0.6 is 0 Å². The highest BCUT2D eigenvalue weighted by atomic mass is 32.2. The Labute approximate surface area is 151 Å². The first-order valence-electron chi connectivity index (χ1n) is 8.25. The zero-order valence-electron chi connectivity index (χ0n) is 14.1. The van der Waals surface area contributed by atoms with Gasteiger partial charge in [0.05, 0.1) is 24.5 Å². The Morgan fingerprint density at radius 2 is 2.08 bits per heavy atom. The van der Waals surface area contributed by atoms with Gasteiger partial charge in [0.2, 0.25) is 10.0 Å². The van der Waals surface area contributed by atoms with Gasteiger partial charge in [-0.25, -0.2) is 13.2 Å². The molecule has 0 spiro atoms. The van der Waals surface area contributed by atoms with E-state index in [1.807, 2.05) is 4.90 Å². The van der Waals surface area contributed by atoms with Crippen molar-refractivity contribution in [2.75, 3.05) is 18.6 Å². The summed E-state index contributed by atoms with van der Waals surface area (Å²) in [5.41, 5.74) is 1.68. The highest BCUT2D eigenvalue weighted by molar-refractivity contribution is 7.89. The Hall–Kier alpha value is -2.58. The molecule has 2 aromatic carbocycles. The highest BCUT2D eigenvalue weighted by Crippen LogP contribution is 2.39. The van der Waals surface area contributed by atoms with Crippen molar-refractivity contribution < 1.29 is 23.1 Å². The van der Waals surface area contributed by atoms with Crippen molar-refractivity contribution in [1.82, 2.24) is 4.72 Å². The normalized spacial score (nSPS) is 20.3. The van der Waals surface area contributed by atoms with Gasteiger partial charge in [-0.1, -0.05) is 6.07 Å². The summed E-state index contributed by atoms with van der Waals surface area (Å²) in [7, 11) is -2.15. The number of nitrogens with zero attached hydrogens (tertiary/aromatic N) is 1. The maximum atomic E-state index is 12.7. The molecule has 2 N–H and O–H groups in total. The van der Waals surface area contributed by atoms with Gasteiger partial charge < -0.3 is 14.7 Å². The number of methoxy groups -OCH3 is 1. The largest absolute Gasteiger partial charge is 0.497 e. The number of carbonyl (C=O) groups is 1. The van der Waals surface area contributed by atoms with E-state index in [1.165, 1.54) is 19.2 Å². The second-order valence-electron chi connectivity index (χ2n) is 6.37. The number of anilines is 1. The van der Waals surface area contributed by atoms with Crippen LogP contribution in [-0.4, -0.2) is 39.3 Å². The van der Waals surface area contributed by atoms with Gasteiger partial charge in [0, 0.05) is 6.54 Å². The molecule has 2 aliphatic heterocycles. The fourth-order valence-corrected chi connectivity index (χ4v) is 5.10. The van der Waals surface area contributed by atoms with Gasteiger partial charge in [0.15, 0.2) is 0 Å². The van der Waals surface area contributed by atoms with E-state index in [1.54, 1.807) is 24.3 Å². The number of hydrogen-bond donors (Lipinski definition) is 2. The summed E-state index contributed by atoms with van der Waals surface area (Å²) >= 11 is 0. The first-order valence-corrected chi connectivity index (χ1v) is 9.74. The lowest BCUT2D eigenvalue weighted by molar-refractivity contribution is 0.0697. The summed E-state index contributed by atoms with van der Waals surface area (Å²) < 4.78 is 33.2. The van der Waals surface area contributed by atoms with Gasteiger partial charge in [0.1, 0.15) is 10.6 Å². The van der Waals surface area contributed by atoms with Gasteiger partial charge in [-0.2, -0.15) is 4.72 Å². The Balaban J connectivity index is 1.90. The molecule has 8 heteroatoms. The van der Waals surface area contributed by atoms with Crippen LogP contribution in [0.15, 0.2) is 41.3 Å². The smallest absolute Gasteiger partial charge is 0.336 e. The molecule has 1 atom stereocenters. The molecule has 0 radical (unpaired) electrons. The predicted octanol–water partition coefficient (Wildman–Crippen LogP) is 2.28. The van der Waals surface area contributed by atoms with E-state index in [9.17, 15) is 18.3 Å². The third kappa shape index (κ3) is 2.62. The van der Waals surface area contributed by atoms with Gasteiger partial charge in [-0.3, -0.25) is 0 Å². The van der Waals surface area contributed by atoms with Crippen LogP contribution in [-0.2, 0) is 10.0 Å². The zero-order chi connectivity index (χ0) is 18.5. The lowest BCUT2D eigenvalue weighted by Crippen LogP contribution is -2.48. The van der Waals surface area contributed by atoms with E-state index in [-0.39, 0.29) is 16.6 Å². The molecule has 1 saturated heterocycles. The van der Waals surface area contributed by atoms with Crippen molar-refractivity contribution in [2.24, 2.45) is 0 Å². The quantitative estimate of drug-likeness (QED) is 0.856. The number of nitrogens with one attached hydrogen (secondary N) is 1. The van der Waals surface area contributed by atoms with Crippen molar-refractivity contribution in [3.05, 3.63) is 42.0 Å². The Morgan fingerprint density at radius 1 is 1.27 bits per heavy atom. The van der Waals surface area contributed by atoms with Gasteiger partial charge >= 0.3 is 5.97 Å². The fraction of sp³-hybridized carbons (Fsp3) is 0.278. The molecular weight excluding hydrogens is 356 g/mol. The number of hydrogen-bond acceptors (Lipinski definition) is 5. The fourth-order valence-electron chi connectivity index (χ4n) is 3.63. The number of aromatic carboxylic acids is 1. The lowest BCUT2D eigenvalue weighted by atomic mass is 9.99. The molecule has 4 rings (SSSR count). The van der Waals surface area contributed by atoms with E-state index in [4.69, 9.17) is 4.74 Å². The van der Waals surface area contributed by atoms with Crippen LogP contribution in [0.3, 0.4) is 0 Å². The molecule has 1 unspecified atom stereocenters. The number of fused-ring (bicyclic) bond motifs is 3. The van der Waals surface area contributed by atoms with Crippen molar-refractivity contribution in [3.63, 3.8) is 0 Å². The second-order valence-corrected chi connectivity index (χ2v) is 8.05. The minimum atomic E-state index is -3.65. The highest BCUT2D eigenvalue weighted by Gasteiger charge is 2.37. The van der Waals surface area contributed by atoms with E-state index >= 15 is 0 Å². The standard InChI is InChI=1S/C18H18N2O5S/c1-25-12-5-6-13(18(21)22)14(10-12)11-4-7-15-16(9-11)26(23,24)19-17-3-2-8-20(15)17/h4-7,9-10,17,19H,2-3,8H2,1H3,(H,21,22). The number of carboxylic acid groups (broad SMARTS) is 1. The summed E-state index contributed by atoms with van der Waals surface area (Å²) in [4.78, 5) is 13.8. The van der Waals surface area contributed by atoms with Crippen molar-refractivity contribution in [2.45, 2.75) is 23.9 Å². The van der Waals surface area contributed by atoms with E-state index in [2.05, 4.69) is 4.72 Å². The average molecular weight is 374 g/mol. The van der Waals surface area contributed by atoms with Crippen LogP contribution in [0.5, 0.6) is 5.75 Å². The molecule has 0 amide bonds. The number of sulfonamides is 1. The number of carboxylic acids is 1. The molecule has 136 valence electrons. The molecule has 7 nitrogen and oxygen atoms in total. The summed E-state index contributed by atoms with van der Waals surface area (Å²) in [6.45, 7) is 0.791. The van der Waals surface area contributed by atoms with Gasteiger partial charge in [-0.15, -0.1) is 0 Å². The Morgan fingerprint density at radius 3 is 2.81 bits per heavy atom. The van der Waals surface area contributed by atoms with Crippen LogP contribution < -0.4 is 14.4 Å². The summed E-state index contributed by atoms with van der Waals surface area (Å²) in [5, 5.41) is 9.48. The van der Waals surface area contributed by atoms with Gasteiger partial charge in [-0.05, 0) is 54.3 Å². The molecule has 0 aromatic heterocycles. The zero-order valence-corrected chi connectivity index (χ0v) is 14.9. The van der Waals surface area contributed by atoms with Crippen LogP contribution in [0.2, 0.25) is 0 Å². The molecule has 0 saturated carbocycles. The Kier molecular flexibility index (Phi) is 3.89. The average Bonchev–Trinajstić information content (AvgIpc) is 3.08. The summed E-state index contributed by atoms with van der Waals surface area (Å²) in [5.74, 6) is -0.579. The number of benzene rings is 2. The van der Waals surface area contributed by atoms with E-state index < -0.39 is 16.0 Å². The molecule has 0 bridgehead atoms. The van der Waals surface area contributed by atoms with Gasteiger partial charge in [0.25, 0.3) is 0 Å². The van der Waals surface area contributed by atoms with Crippen LogP contribution in [0, 0.1) is 0 Å². The lowest BCUT2D eigenvalue weighted by Gasteiger charge is -2.34. The van der Waals surface area contributed by atoms with Crippen molar-refractivity contribution in [3.8, 4) is 16.9 Å². The minimum absolute atomic E-state index is 0.0889. The minimum Gasteiger partial charge on any atom is -0.497 e. The van der Waals surface area contributed by atoms with Crippen molar-refractivity contribution >= 4 is 21.7 Å². The molecule has 0 aliphatic carbocycles. The third-order valence-corrected chi connectivity index (χ3v) is 6.36. The second kappa shape index (κ2) is 6.00. The molecule has 26 heavy (non-hydrogen) atoms. The monoisotopic (exact) mass is 374 g/mol. The first kappa shape index (κ1) is 16.9. The molecule has 2 heterocycles. The molecular formula is C18H18N2O5S. The third-order valence-electron chi connectivity index (χ3n) is 4.87. The van der Waals surface area contributed by atoms with Crippen LogP contribution in [0.4, 0.5) is 5.69 Å². The maximum Gasteiger partial charge on any atom is 0.336 e. The predicted molar refractivity (Wildman–Crippen MR) is 96.1 cm³/mol. The molecule has 2 aliphatic rings. The number of ether oxygens (including phenoxy) is 1. The van der Waals surface area contributed by atoms with Crippen LogP contribution in [0.1, 0.15) is 23.2 Å². The summed E-state index contributed by atoms with van der Waals surface area (Å²) in [6, 6.07) is 9.68. The number of rotatable bonds is 3. The first-order chi connectivity index (χ1) is 12.4. The van der Waals surface area contributed by atoms with E-state index in [0.717, 1.165) is 19.4 Å². The SMILES string of the molecule is COc1ccc(C(=O)O)c(-c2ccc3c(c2)S(=O)(=O)NC2CCCN32)c1. The topological polar surface area (TPSA) is 95.9 Å². The molecule has 2 aromatic rings. The Bertz CT molecular complexity index is 1000. The molecule has 1 fully saturated rings.